The van der Waals surface area contributed by atoms with Gasteiger partial charge in [-0.25, -0.2) is 9.18 Å². The molecular formula is C20H20FN3O3. The molecule has 2 aromatic rings. The van der Waals surface area contributed by atoms with Gasteiger partial charge in [0.2, 0.25) is 5.91 Å². The first kappa shape index (κ1) is 18.6. The first-order valence-electron chi connectivity index (χ1n) is 8.49. The van der Waals surface area contributed by atoms with Gasteiger partial charge in [-0.2, -0.15) is 0 Å². The van der Waals surface area contributed by atoms with E-state index in [1.807, 2.05) is 6.07 Å². The van der Waals surface area contributed by atoms with Crippen molar-refractivity contribution in [2.45, 2.75) is 19.0 Å². The van der Waals surface area contributed by atoms with E-state index in [4.69, 9.17) is 0 Å². The molecule has 0 bridgehead atoms. The Morgan fingerprint density at radius 2 is 1.85 bits per heavy atom. The van der Waals surface area contributed by atoms with Crippen molar-refractivity contribution in [2.24, 2.45) is 0 Å². The number of carbonyl (C=O) groups excluding carboxylic acids is 3. The predicted octanol–water partition coefficient (Wildman–Crippen LogP) is 2.25. The number of rotatable bonds is 5. The minimum atomic E-state index is -1.21. The molecule has 2 aromatic carbocycles. The second kappa shape index (κ2) is 7.19. The highest BCUT2D eigenvalue weighted by molar-refractivity contribution is 6.09. The lowest BCUT2D eigenvalue weighted by molar-refractivity contribution is -0.138. The molecule has 7 heteroatoms. The molecule has 4 amide bonds. The van der Waals surface area contributed by atoms with Gasteiger partial charge in [0.25, 0.3) is 5.91 Å². The third kappa shape index (κ3) is 3.67. The largest absolute Gasteiger partial charge is 0.340 e. The number of urea groups is 1. The number of likely N-dealkylation sites (N-methyl/N-ethyl adjacent to an activating group) is 1. The molecule has 0 saturated carbocycles. The van der Waals surface area contributed by atoms with Crippen LogP contribution < -0.4 is 5.32 Å². The normalized spacial score (nSPS) is 19.1. The van der Waals surface area contributed by atoms with E-state index in [1.54, 1.807) is 50.4 Å². The molecule has 140 valence electrons. The van der Waals surface area contributed by atoms with Crippen molar-refractivity contribution in [3.05, 3.63) is 71.5 Å². The number of nitrogens with zero attached hydrogens (tertiary/aromatic N) is 2. The maximum Gasteiger partial charge on any atom is 0.325 e. The summed E-state index contributed by atoms with van der Waals surface area (Å²) in [6, 6.07) is 14.2. The van der Waals surface area contributed by atoms with Gasteiger partial charge in [-0.3, -0.25) is 14.5 Å². The van der Waals surface area contributed by atoms with Gasteiger partial charge in [0.15, 0.2) is 0 Å². The summed E-state index contributed by atoms with van der Waals surface area (Å²) in [7, 11) is 1.54. The van der Waals surface area contributed by atoms with Crippen LogP contribution in [0.2, 0.25) is 0 Å². The molecule has 1 heterocycles. The Kier molecular flexibility index (Phi) is 4.94. The van der Waals surface area contributed by atoms with Crippen LogP contribution in [0.5, 0.6) is 0 Å². The van der Waals surface area contributed by atoms with Crippen LogP contribution in [0, 0.1) is 5.82 Å². The van der Waals surface area contributed by atoms with Gasteiger partial charge in [-0.05, 0) is 30.2 Å². The molecule has 1 aliphatic heterocycles. The summed E-state index contributed by atoms with van der Waals surface area (Å²) in [5, 5.41) is 2.66. The van der Waals surface area contributed by atoms with Crippen LogP contribution in [0.1, 0.15) is 18.1 Å². The molecule has 1 aliphatic rings. The highest BCUT2D eigenvalue weighted by Crippen LogP contribution is 2.28. The summed E-state index contributed by atoms with van der Waals surface area (Å²) in [5.41, 5.74) is 0.0586. The molecule has 27 heavy (non-hydrogen) atoms. The molecule has 1 saturated heterocycles. The fourth-order valence-electron chi connectivity index (χ4n) is 3.06. The average Bonchev–Trinajstić information content (AvgIpc) is 2.86. The standard InChI is InChI=1S/C20H20FN3O3/c1-20(15-8-4-3-5-9-15)18(26)24(19(27)22-20)13-17(25)23(2)12-14-7-6-10-16(21)11-14/h3-11H,12-13H2,1-2H3,(H,22,27). The second-order valence-corrected chi connectivity index (χ2v) is 6.69. The summed E-state index contributed by atoms with van der Waals surface area (Å²) in [6.45, 7) is 1.42. The van der Waals surface area contributed by atoms with E-state index < -0.39 is 23.4 Å². The lowest BCUT2D eigenvalue weighted by Crippen LogP contribution is -2.43. The van der Waals surface area contributed by atoms with Crippen molar-refractivity contribution in [1.82, 2.24) is 15.1 Å². The van der Waals surface area contributed by atoms with E-state index in [0.717, 1.165) is 4.90 Å². The van der Waals surface area contributed by atoms with E-state index >= 15 is 0 Å². The fraction of sp³-hybridized carbons (Fsp3) is 0.250. The van der Waals surface area contributed by atoms with Gasteiger partial charge in [0, 0.05) is 13.6 Å². The first-order valence-corrected chi connectivity index (χ1v) is 8.49. The van der Waals surface area contributed by atoms with E-state index in [-0.39, 0.29) is 18.9 Å². The minimum Gasteiger partial charge on any atom is -0.340 e. The van der Waals surface area contributed by atoms with Crippen LogP contribution in [0.3, 0.4) is 0 Å². The quantitative estimate of drug-likeness (QED) is 0.822. The number of carbonyl (C=O) groups is 3. The van der Waals surface area contributed by atoms with E-state index in [2.05, 4.69) is 5.32 Å². The van der Waals surface area contributed by atoms with E-state index in [9.17, 15) is 18.8 Å². The number of imide groups is 1. The van der Waals surface area contributed by atoms with Crippen molar-refractivity contribution in [1.29, 1.82) is 0 Å². The number of hydrogen-bond acceptors (Lipinski definition) is 3. The van der Waals surface area contributed by atoms with Crippen molar-refractivity contribution >= 4 is 17.8 Å². The van der Waals surface area contributed by atoms with Crippen LogP contribution in [0.25, 0.3) is 0 Å². The molecule has 0 spiro atoms. The van der Waals surface area contributed by atoms with Crippen LogP contribution in [0.4, 0.5) is 9.18 Å². The molecule has 0 radical (unpaired) electrons. The summed E-state index contributed by atoms with van der Waals surface area (Å²) >= 11 is 0. The van der Waals surface area contributed by atoms with Crippen molar-refractivity contribution < 1.29 is 18.8 Å². The zero-order valence-electron chi connectivity index (χ0n) is 15.1. The number of amides is 4. The Balaban J connectivity index is 1.70. The van der Waals surface area contributed by atoms with Gasteiger partial charge >= 0.3 is 6.03 Å². The van der Waals surface area contributed by atoms with Crippen molar-refractivity contribution in [3.8, 4) is 0 Å². The molecule has 1 atom stereocenters. The third-order valence-electron chi connectivity index (χ3n) is 4.65. The average molecular weight is 369 g/mol. The minimum absolute atomic E-state index is 0.177. The Bertz CT molecular complexity index is 887. The van der Waals surface area contributed by atoms with E-state index in [0.29, 0.717) is 11.1 Å². The molecule has 0 aromatic heterocycles. The lowest BCUT2D eigenvalue weighted by atomic mass is 9.92. The number of benzene rings is 2. The summed E-state index contributed by atoms with van der Waals surface area (Å²) in [6.07, 6.45) is 0. The van der Waals surface area contributed by atoms with Gasteiger partial charge in [-0.1, -0.05) is 42.5 Å². The molecule has 0 aliphatic carbocycles. The fourth-order valence-corrected chi connectivity index (χ4v) is 3.06. The van der Waals surface area contributed by atoms with Crippen LogP contribution >= 0.6 is 0 Å². The van der Waals surface area contributed by atoms with Crippen LogP contribution in [-0.4, -0.2) is 41.2 Å². The Morgan fingerprint density at radius 3 is 2.52 bits per heavy atom. The maximum absolute atomic E-state index is 13.3. The smallest absolute Gasteiger partial charge is 0.325 e. The molecule has 1 N–H and O–H groups in total. The molecule has 3 rings (SSSR count). The predicted molar refractivity (Wildman–Crippen MR) is 96.9 cm³/mol. The monoisotopic (exact) mass is 369 g/mol. The molecule has 1 unspecified atom stereocenters. The highest BCUT2D eigenvalue weighted by Gasteiger charge is 2.49. The zero-order chi connectivity index (χ0) is 19.6. The van der Waals surface area contributed by atoms with Crippen molar-refractivity contribution in [3.63, 3.8) is 0 Å². The number of nitrogens with one attached hydrogen (secondary N) is 1. The summed E-state index contributed by atoms with van der Waals surface area (Å²) in [4.78, 5) is 39.9. The van der Waals surface area contributed by atoms with Crippen LogP contribution in [0.15, 0.2) is 54.6 Å². The molecule has 1 fully saturated rings. The van der Waals surface area contributed by atoms with Crippen molar-refractivity contribution in [2.75, 3.05) is 13.6 Å². The van der Waals surface area contributed by atoms with Crippen LogP contribution in [-0.2, 0) is 21.7 Å². The lowest BCUT2D eigenvalue weighted by Gasteiger charge is -2.23. The van der Waals surface area contributed by atoms with Gasteiger partial charge in [-0.15, -0.1) is 0 Å². The Hall–Kier alpha value is -3.22. The SMILES string of the molecule is CN(Cc1cccc(F)c1)C(=O)CN1C(=O)NC(C)(c2ccccc2)C1=O. The molecular weight excluding hydrogens is 349 g/mol. The number of halogens is 1. The second-order valence-electron chi connectivity index (χ2n) is 6.69. The Labute approximate surface area is 156 Å². The van der Waals surface area contributed by atoms with E-state index in [1.165, 1.54) is 17.0 Å². The summed E-state index contributed by atoms with van der Waals surface area (Å²) < 4.78 is 13.3. The van der Waals surface area contributed by atoms with Gasteiger partial charge in [0.1, 0.15) is 17.9 Å². The third-order valence-corrected chi connectivity index (χ3v) is 4.65. The topological polar surface area (TPSA) is 69.7 Å². The number of hydrogen-bond donors (Lipinski definition) is 1. The molecule has 6 nitrogen and oxygen atoms in total. The van der Waals surface area contributed by atoms with Gasteiger partial charge < -0.3 is 10.2 Å². The summed E-state index contributed by atoms with van der Waals surface area (Å²) in [5.74, 6) is -1.28. The highest BCUT2D eigenvalue weighted by atomic mass is 19.1. The Morgan fingerprint density at radius 1 is 1.15 bits per heavy atom. The zero-order valence-corrected chi connectivity index (χ0v) is 15.1. The van der Waals surface area contributed by atoms with Gasteiger partial charge in [0.05, 0.1) is 0 Å². The maximum atomic E-state index is 13.3. The first-order chi connectivity index (χ1) is 12.8.